The molecule has 0 radical (unpaired) electrons. The van der Waals surface area contributed by atoms with Crippen molar-refractivity contribution in [2.24, 2.45) is 13.0 Å². The third kappa shape index (κ3) is 3.76. The van der Waals surface area contributed by atoms with Gasteiger partial charge in [-0.2, -0.15) is 10.2 Å². The van der Waals surface area contributed by atoms with E-state index in [4.69, 9.17) is 4.74 Å². The number of rotatable bonds is 4. The highest BCUT2D eigenvalue weighted by Gasteiger charge is 2.43. The number of nitrogens with zero attached hydrogens (tertiary/aromatic N) is 6. The maximum Gasteiger partial charge on any atom is 0.332 e. The first-order valence-electron chi connectivity index (χ1n) is 11.1. The van der Waals surface area contributed by atoms with E-state index >= 15 is 0 Å². The molecule has 1 spiro atoms. The normalized spacial score (nSPS) is 25.1. The Hall–Kier alpha value is -2.26. The van der Waals surface area contributed by atoms with E-state index in [2.05, 4.69) is 15.1 Å². The summed E-state index contributed by atoms with van der Waals surface area (Å²) < 4.78 is 11.0. The summed E-state index contributed by atoms with van der Waals surface area (Å²) in [5, 5.41) is 8.76. The predicted molar refractivity (Wildman–Crippen MR) is 110 cm³/mol. The molecule has 162 valence electrons. The molecule has 9 nitrogen and oxygen atoms in total. The number of hydrogen-bond donors (Lipinski definition) is 0. The molecule has 1 saturated carbocycles. The minimum atomic E-state index is -0.494. The summed E-state index contributed by atoms with van der Waals surface area (Å²) in [6.07, 6.45) is 10.6. The Kier molecular flexibility index (Phi) is 5.10. The smallest absolute Gasteiger partial charge is 0.332 e. The van der Waals surface area contributed by atoms with Crippen LogP contribution in [-0.2, 0) is 38.0 Å². The van der Waals surface area contributed by atoms with Gasteiger partial charge in [-0.1, -0.05) is 19.3 Å². The van der Waals surface area contributed by atoms with Gasteiger partial charge < -0.3 is 4.74 Å². The zero-order valence-corrected chi connectivity index (χ0v) is 17.6. The van der Waals surface area contributed by atoms with Crippen LogP contribution >= 0.6 is 0 Å². The molecular weight excluding hydrogens is 384 g/mol. The maximum absolute atomic E-state index is 12.9. The van der Waals surface area contributed by atoms with Crippen molar-refractivity contribution in [1.82, 2.24) is 29.0 Å². The van der Waals surface area contributed by atoms with Crippen LogP contribution in [0.5, 0.6) is 0 Å². The number of hydrogen-bond acceptors (Lipinski definition) is 6. The second-order valence-corrected chi connectivity index (χ2v) is 9.25. The Morgan fingerprint density at radius 2 is 2.00 bits per heavy atom. The first kappa shape index (κ1) is 19.7. The van der Waals surface area contributed by atoms with E-state index < -0.39 is 16.7 Å². The lowest BCUT2D eigenvalue weighted by molar-refractivity contribution is -0.0860. The van der Waals surface area contributed by atoms with Crippen LogP contribution < -0.4 is 11.1 Å². The molecule has 0 bridgehead atoms. The molecule has 5 rings (SSSR count). The predicted octanol–water partition coefficient (Wildman–Crippen LogP) is 0.894. The van der Waals surface area contributed by atoms with Crippen molar-refractivity contribution in [1.29, 1.82) is 0 Å². The first-order chi connectivity index (χ1) is 14.5. The van der Waals surface area contributed by atoms with E-state index in [0.717, 1.165) is 44.5 Å². The first-order valence-corrected chi connectivity index (χ1v) is 11.1. The van der Waals surface area contributed by atoms with Gasteiger partial charge in [0.15, 0.2) is 5.82 Å². The molecule has 2 aromatic rings. The van der Waals surface area contributed by atoms with Crippen molar-refractivity contribution in [3.8, 4) is 0 Å². The van der Waals surface area contributed by atoms with E-state index in [1.54, 1.807) is 9.25 Å². The van der Waals surface area contributed by atoms with Gasteiger partial charge in [-0.25, -0.2) is 4.68 Å². The van der Waals surface area contributed by atoms with Gasteiger partial charge in [0.2, 0.25) is 0 Å². The van der Waals surface area contributed by atoms with Crippen molar-refractivity contribution in [2.75, 3.05) is 13.1 Å². The lowest BCUT2D eigenvalue weighted by atomic mass is 9.89. The Bertz CT molecular complexity index is 1030. The number of likely N-dealkylation sites (tertiary alicyclic amines) is 1. The fraction of sp³-hybridized carbons (Fsp3) is 0.714. The Morgan fingerprint density at radius 3 is 2.77 bits per heavy atom. The molecule has 1 aliphatic carbocycles. The summed E-state index contributed by atoms with van der Waals surface area (Å²) in [5.41, 5.74) is -0.214. The van der Waals surface area contributed by atoms with E-state index in [0.29, 0.717) is 24.8 Å². The zero-order valence-electron chi connectivity index (χ0n) is 17.6. The second kappa shape index (κ2) is 7.77. The molecule has 2 fully saturated rings. The van der Waals surface area contributed by atoms with E-state index in [1.165, 1.54) is 23.9 Å². The zero-order chi connectivity index (χ0) is 20.7. The number of aromatic nitrogens is 5. The van der Waals surface area contributed by atoms with Gasteiger partial charge in [-0.05, 0) is 25.2 Å². The highest BCUT2D eigenvalue weighted by Crippen LogP contribution is 2.32. The fourth-order valence-corrected chi connectivity index (χ4v) is 5.26. The van der Waals surface area contributed by atoms with Gasteiger partial charge in [0, 0.05) is 45.0 Å². The summed E-state index contributed by atoms with van der Waals surface area (Å²) in [7, 11) is 1.91. The minimum Gasteiger partial charge on any atom is -0.364 e. The van der Waals surface area contributed by atoms with Crippen molar-refractivity contribution in [3.63, 3.8) is 0 Å². The molecule has 4 heterocycles. The summed E-state index contributed by atoms with van der Waals surface area (Å²) >= 11 is 0. The molecule has 2 aromatic heterocycles. The number of fused-ring (bicyclic) bond motifs is 1. The molecular formula is C21H30N6O3. The van der Waals surface area contributed by atoms with E-state index in [-0.39, 0.29) is 6.61 Å². The summed E-state index contributed by atoms with van der Waals surface area (Å²) in [6, 6.07) is 0. The number of aryl methyl sites for hydroxylation is 1. The molecule has 1 saturated heterocycles. The highest BCUT2D eigenvalue weighted by atomic mass is 16.5. The largest absolute Gasteiger partial charge is 0.364 e. The van der Waals surface area contributed by atoms with E-state index in [1.807, 2.05) is 19.4 Å². The van der Waals surface area contributed by atoms with Gasteiger partial charge in [-0.3, -0.25) is 23.7 Å². The highest BCUT2D eigenvalue weighted by molar-refractivity contribution is 5.06. The molecule has 30 heavy (non-hydrogen) atoms. The van der Waals surface area contributed by atoms with E-state index in [9.17, 15) is 9.59 Å². The monoisotopic (exact) mass is 414 g/mol. The van der Waals surface area contributed by atoms with Crippen LogP contribution in [0.4, 0.5) is 0 Å². The van der Waals surface area contributed by atoms with Gasteiger partial charge in [0.25, 0.3) is 0 Å². The average Bonchev–Trinajstić information content (AvgIpc) is 3.33. The summed E-state index contributed by atoms with van der Waals surface area (Å²) in [5.74, 6) is 1.02. The van der Waals surface area contributed by atoms with Crippen molar-refractivity contribution in [2.45, 2.75) is 70.4 Å². The maximum atomic E-state index is 12.9. The quantitative estimate of drug-likeness (QED) is 0.691. The molecule has 3 aliphatic rings. The van der Waals surface area contributed by atoms with Crippen LogP contribution in [0.25, 0.3) is 0 Å². The van der Waals surface area contributed by atoms with Crippen LogP contribution in [0.15, 0.2) is 22.0 Å². The molecule has 0 aromatic carbocycles. The van der Waals surface area contributed by atoms with Gasteiger partial charge in [0.1, 0.15) is 12.2 Å². The molecule has 0 amide bonds. The molecule has 9 heteroatoms. The topological polar surface area (TPSA) is 87.2 Å². The average molecular weight is 415 g/mol. The third-order valence-corrected chi connectivity index (χ3v) is 6.88. The SMILES string of the molecule is Cn1cc(CN2CCC3(C2)Cn2c(nn(CC4CCCCC4)c(=O)c2=O)CO3)cn1. The van der Waals surface area contributed by atoms with Gasteiger partial charge in [0.05, 0.1) is 12.7 Å². The summed E-state index contributed by atoms with van der Waals surface area (Å²) in [4.78, 5) is 28.0. The molecule has 0 N–H and O–H groups in total. The Morgan fingerprint density at radius 1 is 1.17 bits per heavy atom. The summed E-state index contributed by atoms with van der Waals surface area (Å²) in [6.45, 7) is 3.66. The van der Waals surface area contributed by atoms with Crippen LogP contribution in [0, 0.1) is 5.92 Å². The van der Waals surface area contributed by atoms with Gasteiger partial charge in [-0.15, -0.1) is 0 Å². The second-order valence-electron chi connectivity index (χ2n) is 9.25. The van der Waals surface area contributed by atoms with Crippen molar-refractivity contribution >= 4 is 0 Å². The molecule has 1 atom stereocenters. The van der Waals surface area contributed by atoms with Crippen LogP contribution in [0.3, 0.4) is 0 Å². The third-order valence-electron chi connectivity index (χ3n) is 6.88. The van der Waals surface area contributed by atoms with Crippen LogP contribution in [0.1, 0.15) is 49.9 Å². The Balaban J connectivity index is 1.32. The number of ether oxygens (including phenoxy) is 1. The fourth-order valence-electron chi connectivity index (χ4n) is 5.26. The Labute approximate surface area is 175 Å². The van der Waals surface area contributed by atoms with Crippen molar-refractivity contribution < 1.29 is 4.74 Å². The lowest BCUT2D eigenvalue weighted by Gasteiger charge is -2.35. The van der Waals surface area contributed by atoms with Crippen molar-refractivity contribution in [3.05, 3.63) is 44.5 Å². The van der Waals surface area contributed by atoms with Crippen LogP contribution in [0.2, 0.25) is 0 Å². The standard InChI is InChI=1S/C21H30N6O3/c1-24-10-17(9-22-24)11-25-8-7-21(14-25)15-26-18(13-30-21)23-27(20(29)19(26)28)12-16-5-3-2-4-6-16/h9-10,16H,2-8,11-15H2,1H3. The van der Waals surface area contributed by atoms with Gasteiger partial charge >= 0.3 is 11.1 Å². The lowest BCUT2D eigenvalue weighted by Crippen LogP contribution is -2.53. The minimum absolute atomic E-state index is 0.279. The molecule has 1 unspecified atom stereocenters. The van der Waals surface area contributed by atoms with Crippen LogP contribution in [-0.4, -0.2) is 47.7 Å². The molecule has 2 aliphatic heterocycles.